The van der Waals surface area contributed by atoms with Crippen LogP contribution in [0.3, 0.4) is 0 Å². The van der Waals surface area contributed by atoms with Crippen LogP contribution in [-0.4, -0.2) is 62.6 Å². The lowest BCUT2D eigenvalue weighted by molar-refractivity contribution is -0.131. The minimum absolute atomic E-state index is 0.0112. The Morgan fingerprint density at radius 3 is 2.72 bits per heavy atom. The molecule has 0 bridgehead atoms. The lowest BCUT2D eigenvalue weighted by Gasteiger charge is -2.27. The largest absolute Gasteiger partial charge is 0.454 e. The van der Waals surface area contributed by atoms with Crippen molar-refractivity contribution in [2.45, 2.75) is 19.4 Å². The summed E-state index contributed by atoms with van der Waals surface area (Å²) in [6.45, 7) is 2.13. The highest BCUT2D eigenvalue weighted by Crippen LogP contribution is 2.32. The lowest BCUT2D eigenvalue weighted by atomic mass is 10.2. The van der Waals surface area contributed by atoms with E-state index in [4.69, 9.17) is 9.47 Å². The van der Waals surface area contributed by atoms with Crippen molar-refractivity contribution in [3.05, 3.63) is 23.8 Å². The van der Waals surface area contributed by atoms with Gasteiger partial charge in [0, 0.05) is 18.2 Å². The van der Waals surface area contributed by atoms with Crippen LogP contribution in [0, 0.1) is 0 Å². The molecule has 1 N–H and O–H groups in total. The van der Waals surface area contributed by atoms with Gasteiger partial charge in [0.1, 0.15) is 0 Å². The number of nitrogens with zero attached hydrogens (tertiary/aromatic N) is 1. The average molecular weight is 368 g/mol. The molecule has 0 saturated carbocycles. The summed E-state index contributed by atoms with van der Waals surface area (Å²) >= 11 is 0. The molecular formula is C16H20N2O6S. The van der Waals surface area contributed by atoms with E-state index in [1.54, 1.807) is 25.1 Å². The van der Waals surface area contributed by atoms with Crippen LogP contribution in [-0.2, 0) is 14.6 Å². The minimum Gasteiger partial charge on any atom is -0.454 e. The van der Waals surface area contributed by atoms with Crippen molar-refractivity contribution in [1.82, 2.24) is 10.2 Å². The quantitative estimate of drug-likeness (QED) is 0.796. The molecule has 2 aliphatic rings. The fourth-order valence-electron chi connectivity index (χ4n) is 3.06. The predicted octanol–water partition coefficient (Wildman–Crippen LogP) is 0.181. The number of fused-ring (bicyclic) bond motifs is 1. The zero-order valence-electron chi connectivity index (χ0n) is 13.9. The van der Waals surface area contributed by atoms with E-state index in [0.717, 1.165) is 0 Å². The van der Waals surface area contributed by atoms with Crippen LogP contribution >= 0.6 is 0 Å². The number of hydrogen-bond donors (Lipinski definition) is 1. The summed E-state index contributed by atoms with van der Waals surface area (Å²) in [4.78, 5) is 26.1. The smallest absolute Gasteiger partial charge is 0.251 e. The van der Waals surface area contributed by atoms with E-state index in [2.05, 4.69) is 5.32 Å². The second kappa shape index (κ2) is 6.91. The van der Waals surface area contributed by atoms with Gasteiger partial charge in [-0.3, -0.25) is 9.59 Å². The molecule has 0 spiro atoms. The van der Waals surface area contributed by atoms with Crippen molar-refractivity contribution < 1.29 is 27.5 Å². The van der Waals surface area contributed by atoms with Crippen molar-refractivity contribution in [3.8, 4) is 11.5 Å². The van der Waals surface area contributed by atoms with Gasteiger partial charge in [-0.1, -0.05) is 0 Å². The molecule has 9 heteroatoms. The molecule has 25 heavy (non-hydrogen) atoms. The molecule has 2 amide bonds. The normalized spacial score (nSPS) is 20.3. The molecule has 1 atom stereocenters. The number of benzene rings is 1. The molecule has 136 valence electrons. The summed E-state index contributed by atoms with van der Waals surface area (Å²) in [5.74, 6) is 0.464. The van der Waals surface area contributed by atoms with Crippen LogP contribution < -0.4 is 14.8 Å². The van der Waals surface area contributed by atoms with Crippen LogP contribution in [0.2, 0.25) is 0 Å². The molecule has 0 radical (unpaired) electrons. The van der Waals surface area contributed by atoms with Crippen LogP contribution in [0.25, 0.3) is 0 Å². The highest BCUT2D eigenvalue weighted by Gasteiger charge is 2.33. The summed E-state index contributed by atoms with van der Waals surface area (Å²) in [6.07, 6.45) is 0.442. The summed E-state index contributed by atoms with van der Waals surface area (Å²) in [7, 11) is -3.07. The van der Waals surface area contributed by atoms with Crippen LogP contribution in [0.15, 0.2) is 18.2 Å². The van der Waals surface area contributed by atoms with E-state index in [1.165, 1.54) is 4.90 Å². The first-order valence-electron chi connectivity index (χ1n) is 8.07. The molecule has 0 aliphatic carbocycles. The SMILES string of the molecule is CCN(C(=O)CNC(=O)c1ccc2c(c1)OCO2)C1CCS(=O)(=O)C1. The highest BCUT2D eigenvalue weighted by molar-refractivity contribution is 7.91. The summed E-state index contributed by atoms with van der Waals surface area (Å²) in [5, 5.41) is 2.57. The monoisotopic (exact) mass is 368 g/mol. The van der Waals surface area contributed by atoms with Crippen molar-refractivity contribution in [3.63, 3.8) is 0 Å². The van der Waals surface area contributed by atoms with Gasteiger partial charge in [0.2, 0.25) is 12.7 Å². The molecule has 1 unspecified atom stereocenters. The highest BCUT2D eigenvalue weighted by atomic mass is 32.2. The maximum Gasteiger partial charge on any atom is 0.251 e. The Morgan fingerprint density at radius 2 is 2.04 bits per heavy atom. The zero-order chi connectivity index (χ0) is 18.0. The third kappa shape index (κ3) is 3.87. The van der Waals surface area contributed by atoms with Gasteiger partial charge >= 0.3 is 0 Å². The molecule has 1 aromatic carbocycles. The number of ether oxygens (including phenoxy) is 2. The number of amides is 2. The first-order valence-corrected chi connectivity index (χ1v) is 9.89. The molecule has 3 rings (SSSR count). The van der Waals surface area contributed by atoms with Gasteiger partial charge in [-0.05, 0) is 31.5 Å². The summed E-state index contributed by atoms with van der Waals surface area (Å²) < 4.78 is 33.6. The van der Waals surface area contributed by atoms with Crippen molar-refractivity contribution >= 4 is 21.7 Å². The second-order valence-corrected chi connectivity index (χ2v) is 8.22. The van der Waals surface area contributed by atoms with E-state index in [0.29, 0.717) is 30.0 Å². The average Bonchev–Trinajstić information content (AvgIpc) is 3.18. The Morgan fingerprint density at radius 1 is 1.28 bits per heavy atom. The van der Waals surface area contributed by atoms with Gasteiger partial charge in [0.25, 0.3) is 5.91 Å². The first-order chi connectivity index (χ1) is 11.9. The Bertz CT molecular complexity index is 792. The summed E-state index contributed by atoms with van der Waals surface area (Å²) in [6, 6.07) is 4.48. The van der Waals surface area contributed by atoms with Gasteiger partial charge < -0.3 is 19.7 Å². The van der Waals surface area contributed by atoms with E-state index in [-0.39, 0.29) is 36.8 Å². The standard InChI is InChI=1S/C16H20N2O6S/c1-2-18(12-5-6-25(21,22)9-12)15(19)8-17-16(20)11-3-4-13-14(7-11)24-10-23-13/h3-4,7,12H,2,5-6,8-10H2,1H3,(H,17,20). The van der Waals surface area contributed by atoms with Crippen molar-refractivity contribution in [1.29, 1.82) is 0 Å². The van der Waals surface area contributed by atoms with Crippen LogP contribution in [0.5, 0.6) is 11.5 Å². The third-order valence-electron chi connectivity index (χ3n) is 4.35. The number of nitrogens with one attached hydrogen (secondary N) is 1. The number of likely N-dealkylation sites (N-methyl/N-ethyl adjacent to an activating group) is 1. The number of hydrogen-bond acceptors (Lipinski definition) is 6. The third-order valence-corrected chi connectivity index (χ3v) is 6.10. The first kappa shape index (κ1) is 17.5. The van der Waals surface area contributed by atoms with Crippen LogP contribution in [0.1, 0.15) is 23.7 Å². The number of carbonyl (C=O) groups is 2. The Hall–Kier alpha value is -2.29. The van der Waals surface area contributed by atoms with Gasteiger partial charge in [0.15, 0.2) is 21.3 Å². The Labute approximate surface area is 146 Å². The minimum atomic E-state index is -3.07. The maximum absolute atomic E-state index is 12.4. The van der Waals surface area contributed by atoms with Gasteiger partial charge in [-0.25, -0.2) is 8.42 Å². The number of sulfone groups is 1. The zero-order valence-corrected chi connectivity index (χ0v) is 14.7. The molecule has 2 heterocycles. The molecule has 1 saturated heterocycles. The second-order valence-electron chi connectivity index (χ2n) is 5.99. The van der Waals surface area contributed by atoms with E-state index in [9.17, 15) is 18.0 Å². The predicted molar refractivity (Wildman–Crippen MR) is 89.3 cm³/mol. The van der Waals surface area contributed by atoms with Gasteiger partial charge in [-0.2, -0.15) is 0 Å². The fourth-order valence-corrected chi connectivity index (χ4v) is 4.79. The summed E-state index contributed by atoms with van der Waals surface area (Å²) in [5.41, 5.74) is 0.364. The molecule has 1 fully saturated rings. The fraction of sp³-hybridized carbons (Fsp3) is 0.500. The molecule has 8 nitrogen and oxygen atoms in total. The van der Waals surface area contributed by atoms with Crippen molar-refractivity contribution in [2.75, 3.05) is 31.4 Å². The molecule has 1 aromatic rings. The number of carbonyl (C=O) groups excluding carboxylic acids is 2. The van der Waals surface area contributed by atoms with Crippen LogP contribution in [0.4, 0.5) is 0 Å². The number of rotatable bonds is 5. The molecular weight excluding hydrogens is 348 g/mol. The van der Waals surface area contributed by atoms with Crippen molar-refractivity contribution in [2.24, 2.45) is 0 Å². The molecule has 2 aliphatic heterocycles. The van der Waals surface area contributed by atoms with E-state index < -0.39 is 15.7 Å². The van der Waals surface area contributed by atoms with Gasteiger partial charge in [-0.15, -0.1) is 0 Å². The lowest BCUT2D eigenvalue weighted by Crippen LogP contribution is -2.46. The Kier molecular flexibility index (Phi) is 4.85. The van der Waals surface area contributed by atoms with E-state index in [1.807, 2.05) is 0 Å². The van der Waals surface area contributed by atoms with E-state index >= 15 is 0 Å². The molecule has 0 aromatic heterocycles. The maximum atomic E-state index is 12.4. The van der Waals surface area contributed by atoms with Gasteiger partial charge in [0.05, 0.1) is 18.1 Å². The topological polar surface area (TPSA) is 102 Å². The Balaban J connectivity index is 1.58.